The third kappa shape index (κ3) is 6.46. The number of anilines is 2. The van der Waals surface area contributed by atoms with Crippen molar-refractivity contribution in [2.45, 2.75) is 64.0 Å². The van der Waals surface area contributed by atoms with Gasteiger partial charge in [-0.05, 0) is 51.6 Å². The van der Waals surface area contributed by atoms with Crippen LogP contribution in [0.4, 0.5) is 11.8 Å². The molecule has 1 amide bonds. The first-order valence-electron chi connectivity index (χ1n) is 13.4. The predicted molar refractivity (Wildman–Crippen MR) is 147 cm³/mol. The smallest absolute Gasteiger partial charge is 0.352 e. The van der Waals surface area contributed by atoms with Crippen molar-refractivity contribution in [3.8, 4) is 0 Å². The van der Waals surface area contributed by atoms with Crippen molar-refractivity contribution in [2.24, 2.45) is 0 Å². The number of piperazine rings is 1. The van der Waals surface area contributed by atoms with Crippen LogP contribution in [0.15, 0.2) is 24.4 Å². The van der Waals surface area contributed by atoms with Crippen LogP contribution < -0.4 is 16.0 Å². The molecule has 5 rings (SSSR count). The molecule has 0 saturated carbocycles. The fraction of sp³-hybridized carbons (Fsp3) is 0.519. The molecule has 0 aromatic carbocycles. The fourth-order valence-electron chi connectivity index (χ4n) is 5.01. The van der Waals surface area contributed by atoms with Crippen LogP contribution in [-0.4, -0.2) is 81.1 Å². The average Bonchev–Trinajstić information content (AvgIpc) is 3.65. The lowest BCUT2D eigenvalue weighted by Gasteiger charge is -2.27. The molecule has 11 heteroatoms. The summed E-state index contributed by atoms with van der Waals surface area (Å²) in [5.41, 5.74) is 1.93. The highest BCUT2D eigenvalue weighted by molar-refractivity contribution is 5.95. The molecule has 2 fully saturated rings. The van der Waals surface area contributed by atoms with Gasteiger partial charge in [0.2, 0.25) is 5.95 Å². The second-order valence-electron chi connectivity index (χ2n) is 9.92. The van der Waals surface area contributed by atoms with Crippen LogP contribution in [0.1, 0.15) is 72.0 Å². The predicted octanol–water partition coefficient (Wildman–Crippen LogP) is 3.33. The number of pyridine rings is 1. The summed E-state index contributed by atoms with van der Waals surface area (Å²) in [5.74, 6) is -0.164. The third-order valence-electron chi connectivity index (χ3n) is 6.88. The first-order chi connectivity index (χ1) is 18.4. The Labute approximate surface area is 222 Å². The Hall–Kier alpha value is -3.57. The summed E-state index contributed by atoms with van der Waals surface area (Å²) in [7, 11) is 3.75. The summed E-state index contributed by atoms with van der Waals surface area (Å²) in [5, 5.41) is 19.4. The zero-order chi connectivity index (χ0) is 27.1. The maximum absolute atomic E-state index is 12.9. The molecule has 5 heterocycles. The number of carboxylic acids is 1. The first kappa shape index (κ1) is 27.5. The van der Waals surface area contributed by atoms with E-state index < -0.39 is 5.97 Å². The van der Waals surface area contributed by atoms with Gasteiger partial charge in [-0.2, -0.15) is 4.98 Å². The maximum atomic E-state index is 12.9. The number of nitrogens with one attached hydrogen (secondary N) is 4. The Morgan fingerprint density at radius 1 is 1.16 bits per heavy atom. The van der Waals surface area contributed by atoms with Crippen LogP contribution in [0.5, 0.6) is 0 Å². The number of aromatic nitrogens is 4. The molecule has 0 spiro atoms. The van der Waals surface area contributed by atoms with Gasteiger partial charge >= 0.3 is 5.97 Å². The van der Waals surface area contributed by atoms with Gasteiger partial charge < -0.3 is 30.9 Å². The standard InChI is InChI=1S/C25H31N7O3.C2H7N/c1-2-3-4-5-6-7-19-18-11-20(24(34)35)28-22(18)31-25(29-19)30-21-9-8-15(12-27-21)23(33)32-14-16-10-17(32)13-26-16;1-3-2/h8-9,11-12,16-17,26H,2-7,10,13-14H2,1H3,(H,34,35)(H2,27,28,29,30,31);3H,1-2H3. The second kappa shape index (κ2) is 12.8. The van der Waals surface area contributed by atoms with Gasteiger partial charge in [-0.3, -0.25) is 4.79 Å². The van der Waals surface area contributed by atoms with Gasteiger partial charge in [0.15, 0.2) is 0 Å². The van der Waals surface area contributed by atoms with Gasteiger partial charge in [0.05, 0.1) is 11.3 Å². The van der Waals surface area contributed by atoms with Crippen LogP contribution in [0.2, 0.25) is 0 Å². The molecule has 3 aromatic heterocycles. The van der Waals surface area contributed by atoms with Crippen molar-refractivity contribution in [1.82, 2.24) is 35.5 Å². The number of H-pyrrole nitrogens is 1. The van der Waals surface area contributed by atoms with Gasteiger partial charge in [0, 0.05) is 36.8 Å². The molecule has 0 radical (unpaired) electrons. The minimum absolute atomic E-state index is 0.00802. The van der Waals surface area contributed by atoms with Crippen LogP contribution in [-0.2, 0) is 6.42 Å². The monoisotopic (exact) mass is 522 g/mol. The zero-order valence-electron chi connectivity index (χ0n) is 22.4. The topological polar surface area (TPSA) is 148 Å². The van der Waals surface area contributed by atoms with E-state index in [0.29, 0.717) is 29.0 Å². The van der Waals surface area contributed by atoms with E-state index in [1.54, 1.807) is 24.4 Å². The number of amides is 1. The highest BCUT2D eigenvalue weighted by Gasteiger charge is 2.40. The van der Waals surface area contributed by atoms with Gasteiger partial charge in [-0.15, -0.1) is 0 Å². The van der Waals surface area contributed by atoms with E-state index in [2.05, 4.69) is 42.8 Å². The summed E-state index contributed by atoms with van der Waals surface area (Å²) < 4.78 is 0. The van der Waals surface area contributed by atoms with Crippen LogP contribution in [0, 0.1) is 0 Å². The number of unbranched alkanes of at least 4 members (excludes halogenated alkanes) is 4. The molecule has 2 bridgehead atoms. The lowest BCUT2D eigenvalue weighted by Crippen LogP contribution is -2.46. The van der Waals surface area contributed by atoms with Crippen molar-refractivity contribution in [3.63, 3.8) is 0 Å². The van der Waals surface area contributed by atoms with Gasteiger partial charge in [-0.25, -0.2) is 14.8 Å². The van der Waals surface area contributed by atoms with E-state index in [9.17, 15) is 14.7 Å². The number of hydrogen-bond acceptors (Lipinski definition) is 8. The third-order valence-corrected chi connectivity index (χ3v) is 6.88. The molecule has 38 heavy (non-hydrogen) atoms. The Morgan fingerprint density at radius 2 is 1.95 bits per heavy atom. The van der Waals surface area contributed by atoms with E-state index >= 15 is 0 Å². The fourth-order valence-corrected chi connectivity index (χ4v) is 5.01. The van der Waals surface area contributed by atoms with Crippen LogP contribution in [0.25, 0.3) is 11.0 Å². The number of fused-ring (bicyclic) bond motifs is 3. The van der Waals surface area contributed by atoms with Crippen molar-refractivity contribution < 1.29 is 14.7 Å². The van der Waals surface area contributed by atoms with Crippen molar-refractivity contribution in [1.29, 1.82) is 0 Å². The summed E-state index contributed by atoms with van der Waals surface area (Å²) in [6.07, 6.45) is 8.97. The summed E-state index contributed by atoms with van der Waals surface area (Å²) in [6, 6.07) is 5.78. The molecule has 3 aromatic rings. The first-order valence-corrected chi connectivity index (χ1v) is 13.4. The van der Waals surface area contributed by atoms with Crippen molar-refractivity contribution in [2.75, 3.05) is 32.5 Å². The number of aryl methyl sites for hydroxylation is 1. The number of hydrogen-bond donors (Lipinski definition) is 5. The number of nitrogens with zero attached hydrogens (tertiary/aromatic N) is 4. The molecule has 2 saturated heterocycles. The zero-order valence-corrected chi connectivity index (χ0v) is 22.4. The summed E-state index contributed by atoms with van der Waals surface area (Å²) in [4.78, 5) is 42.7. The normalized spacial score (nSPS) is 17.9. The summed E-state index contributed by atoms with van der Waals surface area (Å²) >= 11 is 0. The Bertz CT molecular complexity index is 1240. The van der Waals surface area contributed by atoms with E-state index in [1.807, 2.05) is 19.0 Å². The van der Waals surface area contributed by atoms with E-state index in [-0.39, 0.29) is 17.6 Å². The highest BCUT2D eigenvalue weighted by Crippen LogP contribution is 2.26. The molecule has 0 aliphatic carbocycles. The maximum Gasteiger partial charge on any atom is 0.352 e. The van der Waals surface area contributed by atoms with E-state index in [0.717, 1.165) is 49.9 Å². The number of aromatic carboxylic acids is 1. The number of carbonyl (C=O) groups excluding carboxylic acids is 1. The van der Waals surface area contributed by atoms with E-state index in [1.165, 1.54) is 19.3 Å². The molecule has 2 aliphatic rings. The summed E-state index contributed by atoms with van der Waals surface area (Å²) in [6.45, 7) is 3.78. The Morgan fingerprint density at radius 3 is 2.58 bits per heavy atom. The number of carboxylic acid groups (broad SMARTS) is 1. The Balaban J connectivity index is 0.00000107. The molecule has 2 aliphatic heterocycles. The van der Waals surface area contributed by atoms with Gasteiger partial charge in [-0.1, -0.05) is 32.6 Å². The number of aromatic amines is 1. The number of likely N-dealkylation sites (tertiary alicyclic amines) is 1. The SMILES string of the molecule is CCCCCCCc1nc(Nc2ccc(C(=O)N3CC4CC3CN4)cn2)nc2[nH]c(C(=O)O)cc12.CNC. The largest absolute Gasteiger partial charge is 0.477 e. The lowest BCUT2D eigenvalue weighted by atomic mass is 10.1. The minimum atomic E-state index is -1.03. The van der Waals surface area contributed by atoms with Crippen molar-refractivity contribution >= 4 is 34.7 Å². The highest BCUT2D eigenvalue weighted by atomic mass is 16.4. The van der Waals surface area contributed by atoms with E-state index in [4.69, 9.17) is 0 Å². The quantitative estimate of drug-likeness (QED) is 0.253. The average molecular weight is 523 g/mol. The second-order valence-corrected chi connectivity index (χ2v) is 9.92. The molecular weight excluding hydrogens is 484 g/mol. The van der Waals surface area contributed by atoms with Crippen molar-refractivity contribution in [3.05, 3.63) is 41.3 Å². The molecule has 204 valence electrons. The number of rotatable bonds is 10. The number of carbonyl (C=O) groups is 2. The van der Waals surface area contributed by atoms with Crippen LogP contribution >= 0.6 is 0 Å². The van der Waals surface area contributed by atoms with Gasteiger partial charge in [0.1, 0.15) is 17.2 Å². The minimum Gasteiger partial charge on any atom is -0.477 e. The molecular formula is C27H38N8O3. The molecule has 5 N–H and O–H groups in total. The van der Waals surface area contributed by atoms with Gasteiger partial charge in [0.25, 0.3) is 5.91 Å². The van der Waals surface area contributed by atoms with Crippen LogP contribution in [0.3, 0.4) is 0 Å². The lowest BCUT2D eigenvalue weighted by molar-refractivity contribution is 0.0688. The Kier molecular flexibility index (Phi) is 9.24. The molecule has 2 atom stereocenters. The molecule has 2 unspecified atom stereocenters. The molecule has 11 nitrogen and oxygen atoms in total.